The van der Waals surface area contributed by atoms with E-state index in [1.807, 2.05) is 0 Å². The molecular weight excluding hydrogens is 386 g/mol. The average molecular weight is 403 g/mol. The molecule has 3 aromatic rings. The Bertz CT molecular complexity index is 1200. The van der Waals surface area contributed by atoms with Crippen molar-refractivity contribution in [1.82, 2.24) is 8.77 Å². The normalized spacial score (nSPS) is 11.5. The summed E-state index contributed by atoms with van der Waals surface area (Å²) in [5.41, 5.74) is -0.720. The molecule has 3 rings (SSSR count). The van der Waals surface area contributed by atoms with Crippen LogP contribution in [-0.2, 0) is 16.4 Å². The van der Waals surface area contributed by atoms with E-state index in [4.69, 9.17) is 0 Å². The summed E-state index contributed by atoms with van der Waals surface area (Å²) in [6.45, 7) is 1.08. The van der Waals surface area contributed by atoms with E-state index in [2.05, 4.69) is 0 Å². The van der Waals surface area contributed by atoms with Crippen LogP contribution in [0.4, 0.5) is 5.69 Å². The Morgan fingerprint density at radius 3 is 2.29 bits per heavy atom. The molecular formula is C18H17N3O6S. The van der Waals surface area contributed by atoms with Crippen molar-refractivity contribution >= 4 is 15.7 Å². The van der Waals surface area contributed by atoms with Gasteiger partial charge in [-0.05, 0) is 25.1 Å². The van der Waals surface area contributed by atoms with Gasteiger partial charge in [0.15, 0.2) is 4.90 Å². The summed E-state index contributed by atoms with van der Waals surface area (Å²) < 4.78 is 28.5. The summed E-state index contributed by atoms with van der Waals surface area (Å²) in [6.07, 6.45) is -0.0447. The topological polar surface area (TPSA) is 124 Å². The Morgan fingerprint density at radius 2 is 1.68 bits per heavy atom. The predicted molar refractivity (Wildman–Crippen MR) is 101 cm³/mol. The molecule has 0 atom stereocenters. The molecule has 146 valence electrons. The first-order valence-corrected chi connectivity index (χ1v) is 9.73. The highest BCUT2D eigenvalue weighted by Gasteiger charge is 2.32. The Labute approximate surface area is 160 Å². The second-order valence-corrected chi connectivity index (χ2v) is 7.70. The summed E-state index contributed by atoms with van der Waals surface area (Å²) in [5.74, 6) is 0. The van der Waals surface area contributed by atoms with E-state index >= 15 is 0 Å². The molecule has 0 aliphatic rings. The van der Waals surface area contributed by atoms with Gasteiger partial charge in [0.05, 0.1) is 16.3 Å². The van der Waals surface area contributed by atoms with Gasteiger partial charge in [-0.15, -0.1) is 0 Å². The van der Waals surface area contributed by atoms with E-state index in [9.17, 15) is 28.4 Å². The molecule has 0 aliphatic heterocycles. The molecule has 0 radical (unpaired) electrons. The van der Waals surface area contributed by atoms with E-state index in [1.54, 1.807) is 30.3 Å². The second kappa shape index (κ2) is 7.41. The van der Waals surface area contributed by atoms with Crippen LogP contribution in [0.15, 0.2) is 64.3 Å². The van der Waals surface area contributed by atoms with Crippen molar-refractivity contribution in [2.24, 2.45) is 0 Å². The van der Waals surface area contributed by atoms with E-state index < -0.39 is 31.1 Å². The Hall–Kier alpha value is -3.24. The van der Waals surface area contributed by atoms with Gasteiger partial charge in [-0.25, -0.2) is 4.68 Å². The van der Waals surface area contributed by atoms with Gasteiger partial charge < -0.3 is 5.11 Å². The van der Waals surface area contributed by atoms with Gasteiger partial charge in [0.2, 0.25) is 0 Å². The minimum Gasteiger partial charge on any atom is -0.396 e. The van der Waals surface area contributed by atoms with Crippen LogP contribution in [0, 0.1) is 17.0 Å². The quantitative estimate of drug-likeness (QED) is 0.493. The van der Waals surface area contributed by atoms with Crippen LogP contribution in [0.25, 0.3) is 5.69 Å². The van der Waals surface area contributed by atoms with Crippen LogP contribution in [0.1, 0.15) is 11.3 Å². The second-order valence-electron chi connectivity index (χ2n) is 5.96. The minimum atomic E-state index is -4.49. The first-order valence-electron chi connectivity index (χ1n) is 8.29. The zero-order valence-corrected chi connectivity index (χ0v) is 15.7. The summed E-state index contributed by atoms with van der Waals surface area (Å²) in [6, 6.07) is 13.0. The number of benzene rings is 2. The van der Waals surface area contributed by atoms with Gasteiger partial charge in [0, 0.05) is 24.7 Å². The maximum absolute atomic E-state index is 13.4. The first-order chi connectivity index (χ1) is 13.3. The molecule has 0 fully saturated rings. The highest BCUT2D eigenvalue weighted by molar-refractivity contribution is 7.90. The number of nitro benzene ring substituents is 1. The minimum absolute atomic E-state index is 0.0447. The van der Waals surface area contributed by atoms with Crippen molar-refractivity contribution in [3.8, 4) is 5.69 Å². The molecule has 10 heteroatoms. The van der Waals surface area contributed by atoms with Gasteiger partial charge in [-0.1, -0.05) is 30.3 Å². The lowest BCUT2D eigenvalue weighted by atomic mass is 10.2. The number of aliphatic hydroxyl groups excluding tert-OH is 1. The van der Waals surface area contributed by atoms with Crippen molar-refractivity contribution in [3.63, 3.8) is 0 Å². The maximum atomic E-state index is 13.4. The number of aromatic nitrogens is 2. The summed E-state index contributed by atoms with van der Waals surface area (Å²) >= 11 is 0. The molecule has 0 bridgehead atoms. The number of aliphatic hydroxyl groups is 1. The largest absolute Gasteiger partial charge is 0.396 e. The third-order valence-electron chi connectivity index (χ3n) is 4.29. The van der Waals surface area contributed by atoms with Crippen molar-refractivity contribution < 1.29 is 18.4 Å². The zero-order chi connectivity index (χ0) is 20.5. The van der Waals surface area contributed by atoms with Crippen molar-refractivity contribution in [3.05, 3.63) is 86.3 Å². The summed E-state index contributed by atoms with van der Waals surface area (Å²) in [7, 11) is -4.49. The lowest BCUT2D eigenvalue weighted by Gasteiger charge is -2.14. The fourth-order valence-electron chi connectivity index (χ4n) is 3.03. The molecule has 1 N–H and O–H groups in total. The van der Waals surface area contributed by atoms with E-state index in [0.717, 1.165) is 20.9 Å². The molecule has 0 saturated heterocycles. The molecule has 28 heavy (non-hydrogen) atoms. The average Bonchev–Trinajstić information content (AvgIpc) is 2.94. The fraction of sp³-hybridized carbons (Fsp3) is 0.167. The van der Waals surface area contributed by atoms with E-state index in [1.165, 1.54) is 19.1 Å². The van der Waals surface area contributed by atoms with Gasteiger partial charge in [0.25, 0.3) is 21.3 Å². The van der Waals surface area contributed by atoms with Crippen molar-refractivity contribution in [1.29, 1.82) is 0 Å². The molecule has 0 unspecified atom stereocenters. The number of nitro groups is 1. The Kier molecular flexibility index (Phi) is 5.16. The first kappa shape index (κ1) is 19.5. The van der Waals surface area contributed by atoms with Gasteiger partial charge in [-0.3, -0.25) is 14.9 Å². The summed E-state index contributed by atoms with van der Waals surface area (Å²) in [4.78, 5) is 23.0. The van der Waals surface area contributed by atoms with E-state index in [0.29, 0.717) is 0 Å². The fourth-order valence-corrected chi connectivity index (χ4v) is 4.73. The van der Waals surface area contributed by atoms with Crippen molar-refractivity contribution in [2.75, 3.05) is 6.61 Å². The lowest BCUT2D eigenvalue weighted by molar-refractivity contribution is -0.387. The van der Waals surface area contributed by atoms with Crippen LogP contribution < -0.4 is 5.56 Å². The molecule has 9 nitrogen and oxygen atoms in total. The molecule has 0 saturated carbocycles. The monoisotopic (exact) mass is 403 g/mol. The highest BCUT2D eigenvalue weighted by Crippen LogP contribution is 2.27. The van der Waals surface area contributed by atoms with Crippen LogP contribution in [0.5, 0.6) is 0 Å². The van der Waals surface area contributed by atoms with Crippen LogP contribution in [-0.4, -0.2) is 33.8 Å². The predicted octanol–water partition coefficient (Wildman–Crippen LogP) is 1.63. The smallest absolute Gasteiger partial charge is 0.289 e. The van der Waals surface area contributed by atoms with E-state index in [-0.39, 0.29) is 30.0 Å². The summed E-state index contributed by atoms with van der Waals surface area (Å²) in [5, 5.41) is 20.6. The highest BCUT2D eigenvalue weighted by atomic mass is 32.2. The molecule has 0 spiro atoms. The lowest BCUT2D eigenvalue weighted by Crippen LogP contribution is -2.28. The van der Waals surface area contributed by atoms with Crippen LogP contribution in [0.2, 0.25) is 0 Å². The van der Waals surface area contributed by atoms with Crippen LogP contribution in [0.3, 0.4) is 0 Å². The Morgan fingerprint density at radius 1 is 1.07 bits per heavy atom. The number of nitrogens with zero attached hydrogens (tertiary/aromatic N) is 3. The number of hydrogen-bond acceptors (Lipinski definition) is 6. The van der Waals surface area contributed by atoms with Gasteiger partial charge in [0.1, 0.15) is 0 Å². The zero-order valence-electron chi connectivity index (χ0n) is 14.8. The number of para-hydroxylation sites is 2. The van der Waals surface area contributed by atoms with Crippen LogP contribution >= 0.6 is 0 Å². The third kappa shape index (κ3) is 3.12. The number of hydrogen-bond donors (Lipinski definition) is 1. The van der Waals surface area contributed by atoms with Gasteiger partial charge in [-0.2, -0.15) is 12.5 Å². The third-order valence-corrected chi connectivity index (χ3v) is 6.08. The SMILES string of the molecule is Cc1c(CCO)c(=O)n(-c2ccccc2)n1S(=O)(=O)c1ccccc1[N+](=O)[O-]. The van der Waals surface area contributed by atoms with Crippen molar-refractivity contribution in [2.45, 2.75) is 18.2 Å². The molecule has 2 aromatic carbocycles. The standard InChI is InChI=1S/C18H17N3O6S/c1-13-15(11-12-22)18(23)19(14-7-3-2-4-8-14)20(13)28(26,27)17-10-6-5-9-16(17)21(24)25/h2-10,22H,11-12H2,1H3. The van der Waals surface area contributed by atoms with Gasteiger partial charge >= 0.3 is 0 Å². The Balaban J connectivity index is 2.41. The molecule has 0 amide bonds. The maximum Gasteiger partial charge on any atom is 0.289 e. The molecule has 0 aliphatic carbocycles. The number of rotatable bonds is 6. The molecule has 1 heterocycles. The molecule has 1 aromatic heterocycles.